The zero-order valence-electron chi connectivity index (χ0n) is 15.1. The Hall–Kier alpha value is -0.803. The highest BCUT2D eigenvalue weighted by molar-refractivity contribution is 6.76. The van der Waals surface area contributed by atoms with Gasteiger partial charge in [-0.1, -0.05) is 50.0 Å². The normalized spacial score (nSPS) is 33.4. The number of hydrogen-bond acceptors (Lipinski definition) is 6. The van der Waals surface area contributed by atoms with E-state index in [0.29, 0.717) is 6.61 Å². The molecule has 1 fully saturated rings. The van der Waals surface area contributed by atoms with Crippen LogP contribution in [-0.4, -0.2) is 71.9 Å². The van der Waals surface area contributed by atoms with Gasteiger partial charge in [0.15, 0.2) is 6.29 Å². The number of benzene rings is 1. The quantitative estimate of drug-likeness (QED) is 0.529. The molecule has 0 amide bonds. The molecule has 0 spiro atoms. The lowest BCUT2D eigenvalue weighted by Gasteiger charge is -2.48. The summed E-state index contributed by atoms with van der Waals surface area (Å²) in [4.78, 5) is 0. The number of rotatable bonds is 7. The van der Waals surface area contributed by atoms with Crippen LogP contribution in [0.2, 0.25) is 25.7 Å². The molecule has 0 aliphatic carbocycles. The van der Waals surface area contributed by atoms with Gasteiger partial charge in [-0.05, 0) is 11.6 Å². The molecule has 4 N–H and O–H groups in total. The first-order valence-electron chi connectivity index (χ1n) is 8.68. The summed E-state index contributed by atoms with van der Waals surface area (Å²) in [6.45, 7) is 6.55. The van der Waals surface area contributed by atoms with Gasteiger partial charge in [0.1, 0.15) is 23.9 Å². The summed E-state index contributed by atoms with van der Waals surface area (Å²) >= 11 is 0. The second-order valence-corrected chi connectivity index (χ2v) is 13.6. The van der Waals surface area contributed by atoms with Crippen LogP contribution in [-0.2, 0) is 15.9 Å². The minimum atomic E-state index is -1.86. The molecule has 1 aromatic rings. The van der Waals surface area contributed by atoms with Crippen LogP contribution in [0.3, 0.4) is 0 Å². The van der Waals surface area contributed by atoms with Crippen LogP contribution < -0.4 is 0 Å². The molecule has 1 aromatic carbocycles. The zero-order chi connectivity index (χ0) is 18.7. The fourth-order valence-electron chi connectivity index (χ4n) is 2.94. The van der Waals surface area contributed by atoms with Gasteiger partial charge >= 0.3 is 0 Å². The Morgan fingerprint density at radius 3 is 2.32 bits per heavy atom. The first-order chi connectivity index (χ1) is 11.7. The van der Waals surface area contributed by atoms with E-state index in [2.05, 4.69) is 19.6 Å². The molecule has 5 atom stereocenters. The molecule has 0 aromatic heterocycles. The molecular formula is C18H30O6Si. The van der Waals surface area contributed by atoms with Crippen LogP contribution in [0.15, 0.2) is 30.3 Å². The summed E-state index contributed by atoms with van der Waals surface area (Å²) in [5.74, 6) is 0. The van der Waals surface area contributed by atoms with Gasteiger partial charge in [-0.2, -0.15) is 0 Å². The Morgan fingerprint density at radius 2 is 1.76 bits per heavy atom. The van der Waals surface area contributed by atoms with Gasteiger partial charge in [0, 0.05) is 21.1 Å². The van der Waals surface area contributed by atoms with Crippen molar-refractivity contribution in [2.75, 3.05) is 13.2 Å². The number of aliphatic hydroxyl groups is 4. The largest absolute Gasteiger partial charge is 0.394 e. The van der Waals surface area contributed by atoms with Gasteiger partial charge in [-0.15, -0.1) is 0 Å². The van der Waals surface area contributed by atoms with E-state index in [1.807, 2.05) is 30.3 Å². The molecule has 7 heteroatoms. The van der Waals surface area contributed by atoms with Crippen LogP contribution in [0.5, 0.6) is 0 Å². The van der Waals surface area contributed by atoms with Gasteiger partial charge in [-0.25, -0.2) is 0 Å². The van der Waals surface area contributed by atoms with E-state index in [1.165, 1.54) is 0 Å². The van der Waals surface area contributed by atoms with Gasteiger partial charge in [0.05, 0.1) is 6.61 Å². The molecule has 1 aliphatic rings. The maximum absolute atomic E-state index is 11.0. The minimum Gasteiger partial charge on any atom is -0.394 e. The number of hydrogen-bond donors (Lipinski definition) is 4. The van der Waals surface area contributed by atoms with Crippen molar-refractivity contribution in [3.63, 3.8) is 0 Å². The Morgan fingerprint density at radius 1 is 1.12 bits per heavy atom. The van der Waals surface area contributed by atoms with Crippen LogP contribution in [0, 0.1) is 0 Å². The van der Waals surface area contributed by atoms with E-state index in [4.69, 9.17) is 9.47 Å². The van der Waals surface area contributed by atoms with Crippen molar-refractivity contribution in [2.24, 2.45) is 0 Å². The smallest absolute Gasteiger partial charge is 0.186 e. The van der Waals surface area contributed by atoms with Crippen molar-refractivity contribution in [1.82, 2.24) is 0 Å². The third-order valence-electron chi connectivity index (χ3n) is 4.59. The van der Waals surface area contributed by atoms with E-state index in [0.717, 1.165) is 11.6 Å². The van der Waals surface area contributed by atoms with Gasteiger partial charge < -0.3 is 29.9 Å². The van der Waals surface area contributed by atoms with Crippen molar-refractivity contribution >= 4 is 8.07 Å². The Labute approximate surface area is 150 Å². The van der Waals surface area contributed by atoms with Crippen LogP contribution >= 0.6 is 0 Å². The monoisotopic (exact) mass is 370 g/mol. The predicted octanol–water partition coefficient (Wildman–Crippen LogP) is 0.754. The van der Waals surface area contributed by atoms with Crippen molar-refractivity contribution in [2.45, 2.75) is 62.3 Å². The molecule has 1 saturated heterocycles. The molecule has 0 radical (unpaired) electrons. The molecule has 25 heavy (non-hydrogen) atoms. The number of ether oxygens (including phenoxy) is 2. The summed E-state index contributed by atoms with van der Waals surface area (Å²) in [7, 11) is -1.32. The first-order valence-corrected chi connectivity index (χ1v) is 12.4. The fourth-order valence-corrected chi connectivity index (χ4v) is 3.67. The minimum absolute atomic E-state index is 0.0317. The van der Waals surface area contributed by atoms with Crippen LogP contribution in [0.25, 0.3) is 0 Å². The van der Waals surface area contributed by atoms with Crippen molar-refractivity contribution in [3.8, 4) is 0 Å². The highest BCUT2D eigenvalue weighted by atomic mass is 28.3. The van der Waals surface area contributed by atoms with E-state index < -0.39 is 44.9 Å². The predicted molar refractivity (Wildman–Crippen MR) is 97.0 cm³/mol. The Balaban J connectivity index is 2.15. The standard InChI is InChI=1S/C18H30O6Si/c1-25(2,3)10-9-23-17-16(21)18(22,15(20)14(12-19)24-17)11-13-7-5-4-6-8-13/h4-8,14-17,19-22H,9-12H2,1-3H3/t14-,15+,16+,17-,18+/m1/s1. The first kappa shape index (κ1) is 20.5. The van der Waals surface area contributed by atoms with E-state index >= 15 is 0 Å². The maximum atomic E-state index is 11.0. The third kappa shape index (κ3) is 5.10. The second kappa shape index (κ2) is 8.26. The SMILES string of the molecule is C[Si](C)(C)CCO[C@@H]1O[C@H](CO)[C@H](O)[C@@](O)(Cc2ccccc2)[C@H]1O. The van der Waals surface area contributed by atoms with Crippen LogP contribution in [0.4, 0.5) is 0 Å². The van der Waals surface area contributed by atoms with Crippen molar-refractivity contribution < 1.29 is 29.9 Å². The molecule has 0 unspecified atom stereocenters. The second-order valence-electron chi connectivity index (χ2n) is 7.95. The average molecular weight is 371 g/mol. The van der Waals surface area contributed by atoms with Crippen molar-refractivity contribution in [1.29, 1.82) is 0 Å². The Kier molecular flexibility index (Phi) is 6.78. The van der Waals surface area contributed by atoms with E-state index in [9.17, 15) is 20.4 Å². The molecule has 0 saturated carbocycles. The highest BCUT2D eigenvalue weighted by Gasteiger charge is 2.55. The number of aliphatic hydroxyl groups excluding tert-OH is 3. The third-order valence-corrected chi connectivity index (χ3v) is 6.29. The fraction of sp³-hybridized carbons (Fsp3) is 0.667. The molecular weight excluding hydrogens is 340 g/mol. The van der Waals surface area contributed by atoms with Crippen molar-refractivity contribution in [3.05, 3.63) is 35.9 Å². The van der Waals surface area contributed by atoms with E-state index in [1.54, 1.807) is 0 Å². The summed E-state index contributed by atoms with van der Waals surface area (Å²) in [6.07, 6.45) is -4.93. The summed E-state index contributed by atoms with van der Waals surface area (Å²) in [5.41, 5.74) is -1.10. The van der Waals surface area contributed by atoms with Gasteiger partial charge in [0.25, 0.3) is 0 Å². The zero-order valence-corrected chi connectivity index (χ0v) is 16.1. The maximum Gasteiger partial charge on any atom is 0.186 e. The van der Waals surface area contributed by atoms with Gasteiger partial charge in [-0.3, -0.25) is 0 Å². The Bertz CT molecular complexity index is 534. The van der Waals surface area contributed by atoms with E-state index in [-0.39, 0.29) is 6.42 Å². The highest BCUT2D eigenvalue weighted by Crippen LogP contribution is 2.33. The van der Waals surface area contributed by atoms with Crippen LogP contribution in [0.1, 0.15) is 5.56 Å². The molecule has 0 bridgehead atoms. The molecule has 2 rings (SSSR count). The molecule has 1 aliphatic heterocycles. The lowest BCUT2D eigenvalue weighted by atomic mass is 9.79. The summed E-state index contributed by atoms with van der Waals surface area (Å²) in [5, 5.41) is 41.6. The van der Waals surface area contributed by atoms with Gasteiger partial charge in [0.2, 0.25) is 0 Å². The lowest BCUT2D eigenvalue weighted by Crippen LogP contribution is -2.68. The molecule has 6 nitrogen and oxygen atoms in total. The topological polar surface area (TPSA) is 99.4 Å². The molecule has 142 valence electrons. The lowest BCUT2D eigenvalue weighted by molar-refractivity contribution is -0.331. The molecule has 1 heterocycles. The summed E-state index contributed by atoms with van der Waals surface area (Å²) in [6, 6.07) is 9.99. The summed E-state index contributed by atoms with van der Waals surface area (Å²) < 4.78 is 11.2. The average Bonchev–Trinajstić information content (AvgIpc) is 2.55.